The van der Waals surface area contributed by atoms with Crippen LogP contribution in [0.1, 0.15) is 64.7 Å². The smallest absolute Gasteiger partial charge is 0.303 e. The summed E-state index contributed by atoms with van der Waals surface area (Å²) in [6.07, 6.45) is 11.9. The third-order valence-electron chi connectivity index (χ3n) is 4.71. The van der Waals surface area contributed by atoms with Crippen molar-refractivity contribution in [3.05, 3.63) is 24.3 Å². The first kappa shape index (κ1) is 21.6. The summed E-state index contributed by atoms with van der Waals surface area (Å²) in [5.74, 6) is -0.990. The lowest BCUT2D eigenvalue weighted by molar-refractivity contribution is -0.137. The molecule has 5 nitrogen and oxygen atoms in total. The highest BCUT2D eigenvalue weighted by Crippen LogP contribution is 2.34. The highest BCUT2D eigenvalue weighted by Gasteiger charge is 2.39. The standard InChI is InChI=1S/C20H32O5/c1-2-3-6-10-16-17(19(23)14-18(16)22)13-12-15(21)9-7-4-5-8-11-20(24)25/h4,7,12-13,15-17,19,21,23H,2-3,5-6,8-11,14H2,1H3,(H,24,25)/b7-4-,13-12+/t15-,16-,17-,19-/m1/s1. The molecular weight excluding hydrogens is 320 g/mol. The van der Waals surface area contributed by atoms with E-state index in [1.807, 2.05) is 12.2 Å². The molecule has 1 aliphatic rings. The maximum absolute atomic E-state index is 12.0. The second-order valence-electron chi connectivity index (χ2n) is 6.86. The van der Waals surface area contributed by atoms with E-state index in [9.17, 15) is 19.8 Å². The number of ketones is 1. The summed E-state index contributed by atoms with van der Waals surface area (Å²) in [5.41, 5.74) is 0. The molecule has 5 heteroatoms. The lowest BCUT2D eigenvalue weighted by Crippen LogP contribution is -2.19. The number of carbonyl (C=O) groups excluding carboxylic acids is 1. The number of Topliss-reactive ketones (excluding diaryl/α,β-unsaturated/α-hetero) is 1. The zero-order valence-electron chi connectivity index (χ0n) is 15.1. The molecule has 0 aromatic rings. The Bertz CT molecular complexity index is 469. The van der Waals surface area contributed by atoms with E-state index in [-0.39, 0.29) is 30.5 Å². The highest BCUT2D eigenvalue weighted by atomic mass is 16.4. The molecule has 1 rings (SSSR count). The van der Waals surface area contributed by atoms with Gasteiger partial charge in [0.2, 0.25) is 0 Å². The molecular formula is C20H32O5. The van der Waals surface area contributed by atoms with Crippen LogP contribution in [0.3, 0.4) is 0 Å². The second-order valence-corrected chi connectivity index (χ2v) is 6.86. The number of allylic oxidation sites excluding steroid dienone is 1. The average Bonchev–Trinajstić information content (AvgIpc) is 2.82. The molecule has 142 valence electrons. The molecule has 25 heavy (non-hydrogen) atoms. The van der Waals surface area contributed by atoms with Crippen molar-refractivity contribution in [2.75, 3.05) is 0 Å². The van der Waals surface area contributed by atoms with E-state index in [1.165, 1.54) is 0 Å². The van der Waals surface area contributed by atoms with E-state index < -0.39 is 18.2 Å². The molecule has 0 aliphatic heterocycles. The van der Waals surface area contributed by atoms with Crippen LogP contribution in [0.2, 0.25) is 0 Å². The minimum atomic E-state index is -0.797. The van der Waals surface area contributed by atoms with Gasteiger partial charge in [-0.05, 0) is 25.7 Å². The van der Waals surface area contributed by atoms with Crippen LogP contribution in [0.25, 0.3) is 0 Å². The van der Waals surface area contributed by atoms with E-state index in [0.717, 1.165) is 25.7 Å². The predicted molar refractivity (Wildman–Crippen MR) is 97.1 cm³/mol. The van der Waals surface area contributed by atoms with Crippen LogP contribution < -0.4 is 0 Å². The number of aliphatic hydroxyl groups excluding tert-OH is 2. The number of aliphatic hydroxyl groups is 2. The van der Waals surface area contributed by atoms with Crippen molar-refractivity contribution in [1.82, 2.24) is 0 Å². The van der Waals surface area contributed by atoms with E-state index in [0.29, 0.717) is 19.3 Å². The number of hydrogen-bond acceptors (Lipinski definition) is 4. The lowest BCUT2D eigenvalue weighted by atomic mass is 9.88. The maximum Gasteiger partial charge on any atom is 0.303 e. The molecule has 0 aromatic carbocycles. The topological polar surface area (TPSA) is 94.8 Å². The van der Waals surface area contributed by atoms with Crippen molar-refractivity contribution in [2.45, 2.75) is 76.9 Å². The number of carboxylic acids is 1. The molecule has 0 amide bonds. The van der Waals surface area contributed by atoms with Gasteiger partial charge in [-0.1, -0.05) is 50.5 Å². The van der Waals surface area contributed by atoms with Crippen molar-refractivity contribution in [1.29, 1.82) is 0 Å². The minimum absolute atomic E-state index is 0.128. The van der Waals surface area contributed by atoms with Crippen LogP contribution in [0.5, 0.6) is 0 Å². The Morgan fingerprint density at radius 1 is 1.28 bits per heavy atom. The molecule has 0 unspecified atom stereocenters. The number of aliphatic carboxylic acids is 1. The van der Waals surface area contributed by atoms with Gasteiger partial charge in [-0.25, -0.2) is 0 Å². The normalized spacial score (nSPS) is 25.2. The number of hydrogen-bond donors (Lipinski definition) is 3. The van der Waals surface area contributed by atoms with Crippen LogP contribution in [0.15, 0.2) is 24.3 Å². The summed E-state index contributed by atoms with van der Waals surface area (Å²) in [6, 6.07) is 0. The Balaban J connectivity index is 2.41. The van der Waals surface area contributed by atoms with Crippen molar-refractivity contribution < 1.29 is 24.9 Å². The number of carbonyl (C=O) groups is 2. The van der Waals surface area contributed by atoms with Gasteiger partial charge in [-0.3, -0.25) is 9.59 Å². The summed E-state index contributed by atoms with van der Waals surface area (Å²) >= 11 is 0. The van der Waals surface area contributed by atoms with Crippen LogP contribution >= 0.6 is 0 Å². The Labute approximate surface area is 150 Å². The van der Waals surface area contributed by atoms with Crippen molar-refractivity contribution in [3.8, 4) is 0 Å². The fourth-order valence-corrected chi connectivity index (χ4v) is 3.27. The molecule has 0 spiro atoms. The second kappa shape index (κ2) is 12.0. The zero-order valence-corrected chi connectivity index (χ0v) is 15.1. The molecule has 1 aliphatic carbocycles. The fraction of sp³-hybridized carbons (Fsp3) is 0.700. The fourth-order valence-electron chi connectivity index (χ4n) is 3.27. The van der Waals surface area contributed by atoms with Gasteiger partial charge < -0.3 is 15.3 Å². The number of rotatable bonds is 12. The van der Waals surface area contributed by atoms with E-state index in [2.05, 4.69) is 6.92 Å². The molecule has 1 fully saturated rings. The minimum Gasteiger partial charge on any atom is -0.481 e. The quantitative estimate of drug-likeness (QED) is 0.370. The van der Waals surface area contributed by atoms with Crippen molar-refractivity contribution >= 4 is 11.8 Å². The van der Waals surface area contributed by atoms with Crippen LogP contribution in [0, 0.1) is 11.8 Å². The van der Waals surface area contributed by atoms with E-state index in [4.69, 9.17) is 5.11 Å². The molecule has 0 aromatic heterocycles. The number of carboxylic acid groups (broad SMARTS) is 1. The summed E-state index contributed by atoms with van der Waals surface area (Å²) in [4.78, 5) is 22.4. The predicted octanol–water partition coefficient (Wildman–Crippen LogP) is 3.25. The molecule has 4 atom stereocenters. The summed E-state index contributed by atoms with van der Waals surface area (Å²) in [7, 11) is 0. The van der Waals surface area contributed by atoms with Gasteiger partial charge in [0.05, 0.1) is 12.2 Å². The van der Waals surface area contributed by atoms with Gasteiger partial charge in [-0.2, -0.15) is 0 Å². The summed E-state index contributed by atoms with van der Waals surface area (Å²) in [5, 5.41) is 28.7. The first-order valence-electron chi connectivity index (χ1n) is 9.39. The number of unbranched alkanes of at least 4 members (excludes halogenated alkanes) is 3. The van der Waals surface area contributed by atoms with Gasteiger partial charge in [0, 0.05) is 24.7 Å². The first-order chi connectivity index (χ1) is 12.0. The monoisotopic (exact) mass is 352 g/mol. The lowest BCUT2D eigenvalue weighted by Gasteiger charge is -2.17. The average molecular weight is 352 g/mol. The molecule has 0 radical (unpaired) electrons. The third kappa shape index (κ3) is 8.45. The molecule has 3 N–H and O–H groups in total. The third-order valence-corrected chi connectivity index (χ3v) is 4.71. The first-order valence-corrected chi connectivity index (χ1v) is 9.39. The summed E-state index contributed by atoms with van der Waals surface area (Å²) < 4.78 is 0. The van der Waals surface area contributed by atoms with Gasteiger partial charge in [0.1, 0.15) is 5.78 Å². The molecule has 0 heterocycles. The van der Waals surface area contributed by atoms with Crippen LogP contribution in [-0.4, -0.2) is 39.3 Å². The Morgan fingerprint density at radius 3 is 2.72 bits per heavy atom. The Hall–Kier alpha value is -1.46. The SMILES string of the molecule is CCCCC[C@H]1C(=O)C[C@@H](O)[C@@H]1/C=C/[C@H](O)C/C=C\CCCC(=O)O. The maximum atomic E-state index is 12.0. The molecule has 0 saturated heterocycles. The van der Waals surface area contributed by atoms with Crippen LogP contribution in [-0.2, 0) is 9.59 Å². The van der Waals surface area contributed by atoms with E-state index >= 15 is 0 Å². The van der Waals surface area contributed by atoms with Gasteiger partial charge >= 0.3 is 5.97 Å². The molecule has 1 saturated carbocycles. The summed E-state index contributed by atoms with van der Waals surface area (Å²) in [6.45, 7) is 2.12. The van der Waals surface area contributed by atoms with Gasteiger partial charge in [0.25, 0.3) is 0 Å². The van der Waals surface area contributed by atoms with Gasteiger partial charge in [-0.15, -0.1) is 0 Å². The Kier molecular flexibility index (Phi) is 10.3. The van der Waals surface area contributed by atoms with Crippen LogP contribution in [0.4, 0.5) is 0 Å². The molecule has 0 bridgehead atoms. The van der Waals surface area contributed by atoms with Crippen molar-refractivity contribution in [3.63, 3.8) is 0 Å². The highest BCUT2D eigenvalue weighted by molar-refractivity contribution is 5.84. The largest absolute Gasteiger partial charge is 0.481 e. The van der Waals surface area contributed by atoms with Crippen molar-refractivity contribution in [2.24, 2.45) is 11.8 Å². The zero-order chi connectivity index (χ0) is 18.7. The Morgan fingerprint density at radius 2 is 2.04 bits per heavy atom. The van der Waals surface area contributed by atoms with Gasteiger partial charge in [0.15, 0.2) is 0 Å². The van der Waals surface area contributed by atoms with E-state index in [1.54, 1.807) is 12.2 Å².